The predicted octanol–water partition coefficient (Wildman–Crippen LogP) is 7.89. The lowest BCUT2D eigenvalue weighted by Crippen LogP contribution is -2.54. The first-order valence-corrected chi connectivity index (χ1v) is 20.9. The summed E-state index contributed by atoms with van der Waals surface area (Å²) in [7, 11) is 1.49. The van der Waals surface area contributed by atoms with Crippen molar-refractivity contribution in [2.75, 3.05) is 13.7 Å². The molecule has 3 amide bonds. The summed E-state index contributed by atoms with van der Waals surface area (Å²) < 4.78 is 22.2. The Labute approximate surface area is 367 Å². The Kier molecular flexibility index (Phi) is 19.5. The number of alkyl carbamates (subject to hydrolysis) is 1. The van der Waals surface area contributed by atoms with Crippen molar-refractivity contribution in [3.8, 4) is 5.75 Å². The Hall–Kier alpha value is -4.88. The number of ether oxygens (including phenoxy) is 4. The van der Waals surface area contributed by atoms with E-state index in [-0.39, 0.29) is 38.3 Å². The second-order valence-electron chi connectivity index (χ2n) is 19.0. The number of benzene rings is 2. The molecule has 61 heavy (non-hydrogen) atoms. The SMILES string of the molecule is COc1ccc(CC(NC(=O)OC(C)(C)C)C(=O)NCC(C)(C)C(=O)NC(CC(C)(C)C)C(=O)O[C@@H](C/C=C/C(=O)OC(C)(C)C)[C@H](C)/C=C/c2ccc(CO)cc2)cc1Cl. The Morgan fingerprint density at radius 1 is 0.820 bits per heavy atom. The first-order valence-electron chi connectivity index (χ1n) is 20.5. The minimum absolute atomic E-state index is 0.0542. The molecule has 2 aromatic rings. The number of carbonyl (C=O) groups excluding carboxylic acids is 5. The third-order valence-electron chi connectivity index (χ3n) is 9.03. The topological polar surface area (TPSA) is 179 Å². The van der Waals surface area contributed by atoms with Gasteiger partial charge in [-0.3, -0.25) is 9.59 Å². The number of nitrogens with one attached hydrogen (secondary N) is 3. The van der Waals surface area contributed by atoms with Gasteiger partial charge in [0.05, 0.1) is 24.2 Å². The third kappa shape index (κ3) is 20.0. The fourth-order valence-electron chi connectivity index (χ4n) is 5.76. The van der Waals surface area contributed by atoms with Crippen LogP contribution < -0.4 is 20.7 Å². The Balaban J connectivity index is 2.32. The maximum absolute atomic E-state index is 14.1. The van der Waals surface area contributed by atoms with Gasteiger partial charge in [-0.25, -0.2) is 14.4 Å². The van der Waals surface area contributed by atoms with Crippen molar-refractivity contribution in [2.24, 2.45) is 16.7 Å². The highest BCUT2D eigenvalue weighted by atomic mass is 35.5. The highest BCUT2D eigenvalue weighted by molar-refractivity contribution is 6.32. The van der Waals surface area contributed by atoms with Gasteiger partial charge >= 0.3 is 18.0 Å². The Morgan fingerprint density at radius 2 is 1.43 bits per heavy atom. The number of rotatable bonds is 19. The highest BCUT2D eigenvalue weighted by Gasteiger charge is 2.36. The lowest BCUT2D eigenvalue weighted by molar-refractivity contribution is -0.156. The fraction of sp³-hybridized carbons (Fsp3) is 0.553. The second kappa shape index (κ2) is 22.8. The van der Waals surface area contributed by atoms with Crippen molar-refractivity contribution in [1.82, 2.24) is 16.0 Å². The Bertz CT molecular complexity index is 1850. The van der Waals surface area contributed by atoms with Crippen molar-refractivity contribution in [3.63, 3.8) is 0 Å². The molecule has 0 spiro atoms. The molecule has 0 aliphatic carbocycles. The lowest BCUT2D eigenvalue weighted by Gasteiger charge is -2.32. The van der Waals surface area contributed by atoms with Gasteiger partial charge in [-0.1, -0.05) is 87.9 Å². The maximum atomic E-state index is 14.1. The van der Waals surface area contributed by atoms with Gasteiger partial charge in [0.25, 0.3) is 0 Å². The van der Waals surface area contributed by atoms with E-state index in [0.717, 1.165) is 11.1 Å². The zero-order chi connectivity index (χ0) is 46.3. The normalized spacial score (nSPS) is 14.4. The van der Waals surface area contributed by atoms with Crippen molar-refractivity contribution >= 4 is 47.5 Å². The summed E-state index contributed by atoms with van der Waals surface area (Å²) >= 11 is 6.34. The van der Waals surface area contributed by atoms with E-state index in [0.29, 0.717) is 16.3 Å². The average molecular weight is 871 g/mol. The van der Waals surface area contributed by atoms with Crippen LogP contribution in [0.25, 0.3) is 6.08 Å². The molecule has 4 N–H and O–H groups in total. The van der Waals surface area contributed by atoms with Crippen molar-refractivity contribution in [2.45, 2.75) is 138 Å². The molecule has 0 aliphatic rings. The number of halogens is 1. The summed E-state index contributed by atoms with van der Waals surface area (Å²) in [6, 6.07) is 10.2. The molecule has 2 unspecified atom stereocenters. The predicted molar refractivity (Wildman–Crippen MR) is 238 cm³/mol. The van der Waals surface area contributed by atoms with Gasteiger partial charge in [-0.15, -0.1) is 0 Å². The number of hydrogen-bond donors (Lipinski definition) is 4. The molecular weight excluding hydrogens is 802 g/mol. The molecule has 0 aliphatic heterocycles. The molecule has 14 heteroatoms. The van der Waals surface area contributed by atoms with Gasteiger partial charge in [0.1, 0.15) is 35.1 Å². The van der Waals surface area contributed by atoms with Gasteiger partial charge in [0, 0.05) is 31.4 Å². The van der Waals surface area contributed by atoms with Crippen LogP contribution in [0.2, 0.25) is 5.02 Å². The minimum Gasteiger partial charge on any atom is -0.495 e. The average Bonchev–Trinajstić information content (AvgIpc) is 3.13. The molecule has 0 bridgehead atoms. The van der Waals surface area contributed by atoms with Crippen LogP contribution in [0, 0.1) is 16.7 Å². The summed E-state index contributed by atoms with van der Waals surface area (Å²) in [5.41, 5.74) is -0.864. The van der Waals surface area contributed by atoms with E-state index in [9.17, 15) is 29.1 Å². The van der Waals surface area contributed by atoms with E-state index in [1.165, 1.54) is 13.2 Å². The van der Waals surface area contributed by atoms with E-state index in [2.05, 4.69) is 16.0 Å². The van der Waals surface area contributed by atoms with E-state index in [1.807, 2.05) is 64.1 Å². The molecule has 2 aromatic carbocycles. The minimum atomic E-state index is -1.23. The fourth-order valence-corrected chi connectivity index (χ4v) is 6.04. The van der Waals surface area contributed by atoms with Gasteiger partial charge in [-0.2, -0.15) is 0 Å². The van der Waals surface area contributed by atoms with E-state index in [1.54, 1.807) is 79.7 Å². The molecule has 0 aromatic heterocycles. The first-order chi connectivity index (χ1) is 28.1. The molecule has 2 rings (SSSR count). The summed E-state index contributed by atoms with van der Waals surface area (Å²) in [4.78, 5) is 67.0. The van der Waals surface area contributed by atoms with Gasteiger partial charge in [0.15, 0.2) is 0 Å². The van der Waals surface area contributed by atoms with Crippen LogP contribution >= 0.6 is 11.6 Å². The summed E-state index contributed by atoms with van der Waals surface area (Å²) in [6.45, 7) is 21.2. The van der Waals surface area contributed by atoms with Crippen molar-refractivity contribution < 1.29 is 48.0 Å². The number of esters is 2. The summed E-state index contributed by atoms with van der Waals surface area (Å²) in [5.74, 6) is -2.17. The number of amides is 3. The van der Waals surface area contributed by atoms with Crippen LogP contribution in [0.3, 0.4) is 0 Å². The molecule has 338 valence electrons. The number of hydrogen-bond acceptors (Lipinski definition) is 10. The van der Waals surface area contributed by atoms with E-state index >= 15 is 0 Å². The van der Waals surface area contributed by atoms with Crippen LogP contribution in [0.15, 0.2) is 60.7 Å². The molecule has 0 saturated heterocycles. The van der Waals surface area contributed by atoms with Crippen LogP contribution in [0.4, 0.5) is 4.79 Å². The Morgan fingerprint density at radius 3 is 1.97 bits per heavy atom. The van der Waals surface area contributed by atoms with Gasteiger partial charge < -0.3 is 40.0 Å². The maximum Gasteiger partial charge on any atom is 0.408 e. The zero-order valence-corrected chi connectivity index (χ0v) is 39.0. The van der Waals surface area contributed by atoms with Crippen LogP contribution in [-0.4, -0.2) is 78.0 Å². The number of aliphatic hydroxyl groups excluding tert-OH is 1. The number of carbonyl (C=O) groups is 5. The number of methoxy groups -OCH3 is 1. The van der Waals surface area contributed by atoms with Gasteiger partial charge in [0.2, 0.25) is 11.8 Å². The molecule has 0 radical (unpaired) electrons. The number of aliphatic hydroxyl groups is 1. The molecule has 13 nitrogen and oxygen atoms in total. The molecule has 0 heterocycles. The summed E-state index contributed by atoms with van der Waals surface area (Å²) in [5, 5.41) is 18.1. The molecular formula is C47H68ClN3O10. The molecule has 4 atom stereocenters. The molecule has 0 saturated carbocycles. The van der Waals surface area contributed by atoms with Crippen molar-refractivity contribution in [1.29, 1.82) is 0 Å². The second-order valence-corrected chi connectivity index (χ2v) is 19.4. The zero-order valence-electron chi connectivity index (χ0n) is 38.2. The van der Waals surface area contributed by atoms with Crippen LogP contribution in [-0.2, 0) is 46.4 Å². The van der Waals surface area contributed by atoms with Gasteiger partial charge in [-0.05, 0) is 96.0 Å². The highest BCUT2D eigenvalue weighted by Crippen LogP contribution is 2.27. The smallest absolute Gasteiger partial charge is 0.408 e. The van der Waals surface area contributed by atoms with Crippen LogP contribution in [0.5, 0.6) is 5.75 Å². The third-order valence-corrected chi connectivity index (χ3v) is 9.32. The van der Waals surface area contributed by atoms with Crippen molar-refractivity contribution in [3.05, 3.63) is 82.4 Å². The van der Waals surface area contributed by atoms with E-state index in [4.69, 9.17) is 30.5 Å². The molecule has 0 fully saturated rings. The van der Waals surface area contributed by atoms with E-state index < -0.39 is 70.1 Å². The largest absolute Gasteiger partial charge is 0.495 e. The standard InChI is InChI=1S/C47H68ClN3O10/c1-30(17-18-31-19-21-32(28-52)22-20-31)37(15-14-16-39(53)60-45(5,6)7)59-41(55)36(27-44(2,3)4)50-42(56)47(11,12)29-49-40(54)35(51-43(57)61-46(8,9)10)26-33-23-24-38(58-13)34(48)25-33/h14,16-25,30,35-37,52H,15,26-29H2,1-13H3,(H,49,54)(H,50,56)(H,51,57)/b16-14+,18-17+/t30-,35?,36?,37+/m1/s1. The monoisotopic (exact) mass is 869 g/mol. The lowest BCUT2D eigenvalue weighted by atomic mass is 9.86. The first kappa shape index (κ1) is 52.3. The quantitative estimate of drug-likeness (QED) is 0.0617. The van der Waals surface area contributed by atoms with Crippen LogP contribution in [0.1, 0.15) is 113 Å². The summed E-state index contributed by atoms with van der Waals surface area (Å²) in [6.07, 6.45) is 5.61.